The van der Waals surface area contributed by atoms with Gasteiger partial charge in [0.15, 0.2) is 0 Å². The van der Waals surface area contributed by atoms with Crippen molar-refractivity contribution in [1.82, 2.24) is 35.0 Å². The quantitative estimate of drug-likeness (QED) is 0.167. The smallest absolute Gasteiger partial charge is 0.293 e. The van der Waals surface area contributed by atoms with Crippen LogP contribution >= 0.6 is 11.3 Å². The lowest BCUT2D eigenvalue weighted by Crippen LogP contribution is -2.35. The highest BCUT2D eigenvalue weighted by molar-refractivity contribution is 7.16. The highest BCUT2D eigenvalue weighted by Crippen LogP contribution is 2.71. The van der Waals surface area contributed by atoms with Gasteiger partial charge in [0.05, 0.1) is 51.0 Å². The van der Waals surface area contributed by atoms with Crippen molar-refractivity contribution in [1.29, 1.82) is 0 Å². The number of H-pyrrole nitrogens is 1. The molecule has 0 radical (unpaired) electrons. The molecule has 0 bridgehead atoms. The SMILES string of the molecule is C[C@@H]1[C@@H]2c3c(C(F)F)nn(CC(=O)N[C@@H](Cc4cc(F)cc(F)c4)c4ncc5[nH]cnc5c4-c4ccc5scnc5c4)c3C(F)(F)[C@H]12. The number of fused-ring (bicyclic) bond motifs is 5. The number of carbonyl (C=O) groups excluding carboxylic acids is 1. The van der Waals surface area contributed by atoms with E-state index in [0.717, 1.165) is 16.8 Å². The van der Waals surface area contributed by atoms with Crippen LogP contribution in [-0.4, -0.2) is 35.6 Å². The number of hydrogen-bond acceptors (Lipinski definition) is 6. The van der Waals surface area contributed by atoms with Crippen LogP contribution in [0, 0.1) is 23.5 Å². The molecule has 4 heterocycles. The summed E-state index contributed by atoms with van der Waals surface area (Å²) in [5.74, 6) is -8.31. The summed E-state index contributed by atoms with van der Waals surface area (Å²) in [5.41, 5.74) is 3.46. The van der Waals surface area contributed by atoms with Crippen LogP contribution in [0.4, 0.5) is 26.3 Å². The van der Waals surface area contributed by atoms with Gasteiger partial charge >= 0.3 is 0 Å². The van der Waals surface area contributed by atoms with Crippen LogP contribution < -0.4 is 5.32 Å². The number of aromatic nitrogens is 6. The monoisotopic (exact) mass is 667 g/mol. The number of alkyl halides is 4. The van der Waals surface area contributed by atoms with Gasteiger partial charge in [-0.1, -0.05) is 13.0 Å². The van der Waals surface area contributed by atoms with E-state index < -0.39 is 71.6 Å². The number of halogens is 6. The maximum Gasteiger partial charge on any atom is 0.293 e. The molecule has 15 heteroatoms. The fraction of sp³-hybridized carbons (Fsp3) is 0.281. The number of pyridine rings is 1. The zero-order chi connectivity index (χ0) is 32.8. The molecule has 1 fully saturated rings. The maximum atomic E-state index is 15.4. The lowest BCUT2D eigenvalue weighted by Gasteiger charge is -2.23. The summed E-state index contributed by atoms with van der Waals surface area (Å²) >= 11 is 1.45. The van der Waals surface area contributed by atoms with Crippen molar-refractivity contribution in [2.24, 2.45) is 11.8 Å². The molecular weight excluding hydrogens is 644 g/mol. The molecule has 1 saturated carbocycles. The molecule has 47 heavy (non-hydrogen) atoms. The summed E-state index contributed by atoms with van der Waals surface area (Å²) < 4.78 is 88.9. The zero-order valence-electron chi connectivity index (χ0n) is 24.3. The average Bonchev–Trinajstić information content (AvgIpc) is 3.50. The highest BCUT2D eigenvalue weighted by Gasteiger charge is 2.71. The van der Waals surface area contributed by atoms with Gasteiger partial charge in [0.2, 0.25) is 5.91 Å². The van der Waals surface area contributed by atoms with E-state index in [2.05, 4.69) is 30.4 Å². The number of imidazole rings is 1. The maximum absolute atomic E-state index is 15.4. The molecule has 8 rings (SSSR count). The molecule has 2 aliphatic rings. The van der Waals surface area contributed by atoms with Gasteiger partial charge in [-0.3, -0.25) is 14.5 Å². The lowest BCUT2D eigenvalue weighted by atomic mass is 9.94. The molecule has 0 aliphatic heterocycles. The number of benzene rings is 2. The number of nitrogens with zero attached hydrogens (tertiary/aromatic N) is 5. The predicted octanol–water partition coefficient (Wildman–Crippen LogP) is 7.20. The molecule has 4 atom stereocenters. The second kappa shape index (κ2) is 10.6. The van der Waals surface area contributed by atoms with Crippen molar-refractivity contribution in [2.45, 2.75) is 44.2 Å². The van der Waals surface area contributed by atoms with E-state index in [-0.39, 0.29) is 23.2 Å². The Balaban J connectivity index is 1.21. The number of aromatic amines is 1. The molecule has 240 valence electrons. The first-order chi connectivity index (χ1) is 22.5. The van der Waals surface area contributed by atoms with Crippen molar-refractivity contribution in [2.75, 3.05) is 0 Å². The third-order valence-corrected chi connectivity index (χ3v) is 9.92. The Morgan fingerprint density at radius 3 is 2.64 bits per heavy atom. The van der Waals surface area contributed by atoms with Gasteiger partial charge < -0.3 is 10.3 Å². The summed E-state index contributed by atoms with van der Waals surface area (Å²) in [6.07, 6.45) is -0.293. The number of thiazole rings is 1. The Morgan fingerprint density at radius 1 is 1.09 bits per heavy atom. The third kappa shape index (κ3) is 4.77. The van der Waals surface area contributed by atoms with E-state index in [1.165, 1.54) is 23.9 Å². The van der Waals surface area contributed by atoms with Crippen molar-refractivity contribution < 1.29 is 31.1 Å². The van der Waals surface area contributed by atoms with Gasteiger partial charge in [-0.05, 0) is 47.7 Å². The topological polar surface area (TPSA) is 101 Å². The van der Waals surface area contributed by atoms with Crippen LogP contribution in [0.25, 0.3) is 32.4 Å². The Morgan fingerprint density at radius 2 is 1.87 bits per heavy atom. The average molecular weight is 668 g/mol. The summed E-state index contributed by atoms with van der Waals surface area (Å²) in [6.45, 7) is 0.787. The minimum atomic E-state index is -3.44. The van der Waals surface area contributed by atoms with E-state index in [1.807, 2.05) is 18.2 Å². The largest absolute Gasteiger partial charge is 0.346 e. The summed E-state index contributed by atoms with van der Waals surface area (Å²) in [5, 5.41) is 6.55. The van der Waals surface area contributed by atoms with E-state index in [0.29, 0.717) is 38.4 Å². The van der Waals surface area contributed by atoms with Crippen molar-refractivity contribution in [3.05, 3.63) is 94.3 Å². The number of carbonyl (C=O) groups is 1. The summed E-state index contributed by atoms with van der Waals surface area (Å²) in [6, 6.07) is 7.40. The van der Waals surface area contributed by atoms with Crippen molar-refractivity contribution >= 4 is 38.5 Å². The van der Waals surface area contributed by atoms with E-state index in [1.54, 1.807) is 12.4 Å². The fourth-order valence-electron chi connectivity index (χ4n) is 7.11. The molecule has 4 aromatic heterocycles. The molecule has 6 aromatic rings. The van der Waals surface area contributed by atoms with Gasteiger partial charge in [-0.15, -0.1) is 11.3 Å². The molecule has 1 amide bonds. The minimum Gasteiger partial charge on any atom is -0.346 e. The predicted molar refractivity (Wildman–Crippen MR) is 160 cm³/mol. The van der Waals surface area contributed by atoms with Gasteiger partial charge in [0.25, 0.3) is 12.3 Å². The normalized spacial score (nSPS) is 20.1. The standard InChI is InChI=1S/C32H23F6N7OS/c1-13-23-25-29(31(35)36)44-45(30(25)32(37,38)26(13)23)10-22(46)43-19(6-14-4-16(33)8-17(34)5-14)27-24(28-20(9-39-27)40-11-41-28)15-2-3-21-18(7-15)42-12-47-21/h2-5,7-9,11-13,19,23,26,31H,6,10H2,1H3,(H,40,41)(H,43,46)/t13-,19+,23-,26-/m1/s1. The number of rotatable bonds is 8. The molecule has 0 unspecified atom stereocenters. The Bertz CT molecular complexity index is 2190. The Hall–Kier alpha value is -4.79. The van der Waals surface area contributed by atoms with E-state index in [4.69, 9.17) is 0 Å². The molecule has 2 aliphatic carbocycles. The first kappa shape index (κ1) is 29.6. The number of hydrogen-bond donors (Lipinski definition) is 2. The first-order valence-corrected chi connectivity index (χ1v) is 15.6. The van der Waals surface area contributed by atoms with Crippen LogP contribution in [0.5, 0.6) is 0 Å². The second-order valence-electron chi connectivity index (χ2n) is 12.0. The Kier molecular flexibility index (Phi) is 6.69. The Labute approximate surface area is 265 Å². The van der Waals surface area contributed by atoms with Crippen LogP contribution in [0.15, 0.2) is 54.4 Å². The van der Waals surface area contributed by atoms with Gasteiger partial charge in [0, 0.05) is 29.0 Å². The summed E-state index contributed by atoms with van der Waals surface area (Å²) in [7, 11) is 0. The lowest BCUT2D eigenvalue weighted by molar-refractivity contribution is -0.123. The highest BCUT2D eigenvalue weighted by atomic mass is 32.1. The molecule has 0 saturated heterocycles. The van der Waals surface area contributed by atoms with Gasteiger partial charge in [-0.2, -0.15) is 13.9 Å². The molecule has 2 aromatic carbocycles. The first-order valence-electron chi connectivity index (χ1n) is 14.7. The van der Waals surface area contributed by atoms with E-state index >= 15 is 8.78 Å². The number of nitrogens with one attached hydrogen (secondary N) is 2. The second-order valence-corrected chi connectivity index (χ2v) is 12.8. The van der Waals surface area contributed by atoms with Crippen molar-refractivity contribution in [3.63, 3.8) is 0 Å². The van der Waals surface area contributed by atoms with E-state index in [9.17, 15) is 22.4 Å². The summed E-state index contributed by atoms with van der Waals surface area (Å²) in [4.78, 5) is 30.1. The van der Waals surface area contributed by atoms with Crippen LogP contribution in [0.3, 0.4) is 0 Å². The van der Waals surface area contributed by atoms with Crippen LogP contribution in [0.2, 0.25) is 0 Å². The number of amides is 1. The zero-order valence-corrected chi connectivity index (χ0v) is 25.1. The van der Waals surface area contributed by atoms with Crippen LogP contribution in [0.1, 0.15) is 53.5 Å². The molecule has 8 nitrogen and oxygen atoms in total. The molecule has 2 N–H and O–H groups in total. The van der Waals surface area contributed by atoms with Gasteiger partial charge in [-0.25, -0.2) is 27.5 Å². The minimum absolute atomic E-state index is 0.160. The fourth-order valence-corrected chi connectivity index (χ4v) is 7.77. The third-order valence-electron chi connectivity index (χ3n) is 9.11. The molecule has 0 spiro atoms. The molecular formula is C32H23F6N7OS. The van der Waals surface area contributed by atoms with Crippen molar-refractivity contribution in [3.8, 4) is 11.1 Å². The van der Waals surface area contributed by atoms with Crippen LogP contribution in [-0.2, 0) is 23.7 Å². The van der Waals surface area contributed by atoms with Gasteiger partial charge in [0.1, 0.15) is 29.6 Å².